The fourth-order valence-electron chi connectivity index (χ4n) is 1.51. The van der Waals surface area contributed by atoms with Crippen LogP contribution in [0.1, 0.15) is 38.5 Å². The van der Waals surface area contributed by atoms with E-state index >= 15 is 0 Å². The van der Waals surface area contributed by atoms with Crippen molar-refractivity contribution in [1.82, 2.24) is 5.32 Å². The van der Waals surface area contributed by atoms with E-state index in [1.54, 1.807) is 7.11 Å². The van der Waals surface area contributed by atoms with Gasteiger partial charge in [0.05, 0.1) is 0 Å². The normalized spacial score (nSPS) is 15.8. The molecule has 0 atom stereocenters. The van der Waals surface area contributed by atoms with Gasteiger partial charge >= 0.3 is 0 Å². The summed E-state index contributed by atoms with van der Waals surface area (Å²) in [4.78, 5) is 0. The lowest BCUT2D eigenvalue weighted by Gasteiger charge is -2.04. The SMILES string of the molecule is COCCCOCCCCCNC1CC1. The molecule has 1 saturated carbocycles. The summed E-state index contributed by atoms with van der Waals surface area (Å²) >= 11 is 0. The fraction of sp³-hybridized carbons (Fsp3) is 1.00. The standard InChI is InChI=1S/C12H25NO2/c1-14-9-5-11-15-10-4-2-3-8-13-12-6-7-12/h12-13H,2-11H2,1H3. The van der Waals surface area contributed by atoms with Crippen LogP contribution < -0.4 is 5.32 Å². The van der Waals surface area contributed by atoms with Crippen LogP contribution in [0.15, 0.2) is 0 Å². The Bertz CT molecular complexity index is 138. The third kappa shape index (κ3) is 8.85. The van der Waals surface area contributed by atoms with Gasteiger partial charge < -0.3 is 14.8 Å². The molecule has 0 aromatic rings. The average molecular weight is 215 g/mol. The molecular weight excluding hydrogens is 190 g/mol. The highest BCUT2D eigenvalue weighted by molar-refractivity contribution is 4.80. The molecule has 0 heterocycles. The van der Waals surface area contributed by atoms with Crippen LogP contribution in [0, 0.1) is 0 Å². The van der Waals surface area contributed by atoms with Crippen LogP contribution in [0.4, 0.5) is 0 Å². The molecule has 90 valence electrons. The Morgan fingerprint density at radius 1 is 1.00 bits per heavy atom. The zero-order valence-corrected chi connectivity index (χ0v) is 9.96. The largest absolute Gasteiger partial charge is 0.385 e. The van der Waals surface area contributed by atoms with Gasteiger partial charge in [-0.2, -0.15) is 0 Å². The van der Waals surface area contributed by atoms with Crippen LogP contribution in [-0.4, -0.2) is 39.5 Å². The Kier molecular flexibility index (Phi) is 7.88. The lowest BCUT2D eigenvalue weighted by Crippen LogP contribution is -2.17. The van der Waals surface area contributed by atoms with Gasteiger partial charge in [-0.25, -0.2) is 0 Å². The third-order valence-corrected chi connectivity index (χ3v) is 2.61. The topological polar surface area (TPSA) is 30.5 Å². The van der Waals surface area contributed by atoms with Gasteiger partial charge in [-0.1, -0.05) is 0 Å². The predicted octanol–water partition coefficient (Wildman–Crippen LogP) is 1.96. The van der Waals surface area contributed by atoms with Crippen LogP contribution in [0.25, 0.3) is 0 Å². The zero-order chi connectivity index (χ0) is 10.8. The van der Waals surface area contributed by atoms with Gasteiger partial charge in [0.1, 0.15) is 0 Å². The molecule has 1 aliphatic carbocycles. The molecule has 0 saturated heterocycles. The number of methoxy groups -OCH3 is 1. The summed E-state index contributed by atoms with van der Waals surface area (Å²) in [6.45, 7) is 3.75. The molecule has 0 bridgehead atoms. The van der Waals surface area contributed by atoms with Crippen molar-refractivity contribution in [2.75, 3.05) is 33.5 Å². The maximum absolute atomic E-state index is 5.48. The Hall–Kier alpha value is -0.120. The molecular formula is C12H25NO2. The molecule has 3 heteroatoms. The van der Waals surface area contributed by atoms with Gasteiger partial charge in [-0.3, -0.25) is 0 Å². The minimum atomic E-state index is 0.811. The molecule has 15 heavy (non-hydrogen) atoms. The second-order valence-electron chi connectivity index (χ2n) is 4.25. The van der Waals surface area contributed by atoms with Gasteiger partial charge in [-0.15, -0.1) is 0 Å². The third-order valence-electron chi connectivity index (χ3n) is 2.61. The minimum Gasteiger partial charge on any atom is -0.385 e. The first-order valence-electron chi connectivity index (χ1n) is 6.23. The first-order valence-corrected chi connectivity index (χ1v) is 6.23. The number of nitrogens with one attached hydrogen (secondary N) is 1. The van der Waals surface area contributed by atoms with E-state index in [4.69, 9.17) is 9.47 Å². The molecule has 1 rings (SSSR count). The lowest BCUT2D eigenvalue weighted by atomic mass is 10.2. The Morgan fingerprint density at radius 2 is 1.80 bits per heavy atom. The number of hydrogen-bond donors (Lipinski definition) is 1. The van der Waals surface area contributed by atoms with Gasteiger partial charge in [0, 0.05) is 33.0 Å². The molecule has 0 aliphatic heterocycles. The quantitative estimate of drug-likeness (QED) is 0.534. The van der Waals surface area contributed by atoms with E-state index in [0.29, 0.717) is 0 Å². The molecule has 0 unspecified atom stereocenters. The lowest BCUT2D eigenvalue weighted by molar-refractivity contribution is 0.100. The average Bonchev–Trinajstić information content (AvgIpc) is 3.05. The number of hydrogen-bond acceptors (Lipinski definition) is 3. The van der Waals surface area contributed by atoms with Crippen molar-refractivity contribution in [3.8, 4) is 0 Å². The number of rotatable bonds is 11. The van der Waals surface area contributed by atoms with E-state index < -0.39 is 0 Å². The molecule has 1 aliphatic rings. The van der Waals surface area contributed by atoms with Crippen molar-refractivity contribution in [3.05, 3.63) is 0 Å². The summed E-state index contributed by atoms with van der Waals surface area (Å²) < 4.78 is 10.4. The molecule has 0 spiro atoms. The van der Waals surface area contributed by atoms with Gasteiger partial charge in [0.25, 0.3) is 0 Å². The summed E-state index contributed by atoms with van der Waals surface area (Å²) in [6, 6.07) is 0.857. The highest BCUT2D eigenvalue weighted by Gasteiger charge is 2.19. The van der Waals surface area contributed by atoms with Crippen LogP contribution in [-0.2, 0) is 9.47 Å². The second kappa shape index (κ2) is 9.13. The summed E-state index contributed by atoms with van der Waals surface area (Å²) in [5, 5.41) is 3.52. The Labute approximate surface area is 93.5 Å². The van der Waals surface area contributed by atoms with Crippen molar-refractivity contribution in [2.24, 2.45) is 0 Å². The zero-order valence-electron chi connectivity index (χ0n) is 9.96. The molecule has 0 aromatic heterocycles. The summed E-state index contributed by atoms with van der Waals surface area (Å²) in [5.74, 6) is 0. The molecule has 0 aromatic carbocycles. The van der Waals surface area contributed by atoms with E-state index in [0.717, 1.165) is 32.3 Å². The molecule has 1 N–H and O–H groups in total. The van der Waals surface area contributed by atoms with Crippen LogP contribution >= 0.6 is 0 Å². The Morgan fingerprint density at radius 3 is 2.53 bits per heavy atom. The first-order chi connectivity index (χ1) is 7.43. The molecule has 1 fully saturated rings. The maximum Gasteiger partial charge on any atom is 0.0487 e. The van der Waals surface area contributed by atoms with Gasteiger partial charge in [0.15, 0.2) is 0 Å². The van der Waals surface area contributed by atoms with E-state index in [1.807, 2.05) is 0 Å². The summed E-state index contributed by atoms with van der Waals surface area (Å²) in [7, 11) is 1.73. The minimum absolute atomic E-state index is 0.811. The van der Waals surface area contributed by atoms with Crippen molar-refractivity contribution in [1.29, 1.82) is 0 Å². The van der Waals surface area contributed by atoms with Gasteiger partial charge in [-0.05, 0) is 45.1 Å². The maximum atomic E-state index is 5.48. The van der Waals surface area contributed by atoms with E-state index in [1.165, 1.54) is 38.6 Å². The predicted molar refractivity (Wildman–Crippen MR) is 62.2 cm³/mol. The van der Waals surface area contributed by atoms with E-state index in [9.17, 15) is 0 Å². The Balaban J connectivity index is 1.62. The van der Waals surface area contributed by atoms with Crippen molar-refractivity contribution in [2.45, 2.75) is 44.6 Å². The monoisotopic (exact) mass is 215 g/mol. The number of ether oxygens (including phenoxy) is 2. The smallest absolute Gasteiger partial charge is 0.0487 e. The van der Waals surface area contributed by atoms with E-state index in [-0.39, 0.29) is 0 Å². The number of unbranched alkanes of at least 4 members (excludes halogenated alkanes) is 2. The van der Waals surface area contributed by atoms with Crippen LogP contribution in [0.5, 0.6) is 0 Å². The second-order valence-corrected chi connectivity index (χ2v) is 4.25. The fourth-order valence-corrected chi connectivity index (χ4v) is 1.51. The highest BCUT2D eigenvalue weighted by Crippen LogP contribution is 2.18. The van der Waals surface area contributed by atoms with Crippen molar-refractivity contribution in [3.63, 3.8) is 0 Å². The highest BCUT2D eigenvalue weighted by atomic mass is 16.5. The molecule has 3 nitrogen and oxygen atoms in total. The van der Waals surface area contributed by atoms with E-state index in [2.05, 4.69) is 5.32 Å². The van der Waals surface area contributed by atoms with Gasteiger partial charge in [0.2, 0.25) is 0 Å². The molecule has 0 radical (unpaired) electrons. The first kappa shape index (κ1) is 12.9. The van der Waals surface area contributed by atoms with Crippen LogP contribution in [0.3, 0.4) is 0 Å². The van der Waals surface area contributed by atoms with Crippen LogP contribution in [0.2, 0.25) is 0 Å². The molecule has 0 amide bonds. The summed E-state index contributed by atoms with van der Waals surface area (Å²) in [6.07, 6.45) is 7.56. The van der Waals surface area contributed by atoms with Crippen molar-refractivity contribution >= 4 is 0 Å². The van der Waals surface area contributed by atoms with Crippen molar-refractivity contribution < 1.29 is 9.47 Å². The summed E-state index contributed by atoms with van der Waals surface area (Å²) in [5.41, 5.74) is 0.